The Morgan fingerprint density at radius 3 is 2.11 bits per heavy atom. The zero-order valence-corrected chi connectivity index (χ0v) is 12.0. The van der Waals surface area contributed by atoms with Gasteiger partial charge in [-0.25, -0.2) is 0 Å². The molecule has 0 aliphatic carbocycles. The molecule has 0 amide bonds. The van der Waals surface area contributed by atoms with Gasteiger partial charge in [-0.2, -0.15) is 0 Å². The van der Waals surface area contributed by atoms with Crippen LogP contribution in [-0.4, -0.2) is 29.0 Å². The standard InChI is InChI=1S/C15H27N3/c1-4-11-18(12-5-2)15(14(16)6-3)13-7-9-17-10-8-13/h7-10,14-15H,4-6,11-12,16H2,1-3H3. The molecule has 3 heteroatoms. The lowest BCUT2D eigenvalue weighted by Crippen LogP contribution is -2.41. The third-order valence-electron chi connectivity index (χ3n) is 3.34. The molecular formula is C15H27N3. The van der Waals surface area contributed by atoms with Crippen LogP contribution in [0.15, 0.2) is 24.5 Å². The van der Waals surface area contributed by atoms with Crippen LogP contribution in [0.5, 0.6) is 0 Å². The van der Waals surface area contributed by atoms with Crippen molar-refractivity contribution in [2.45, 2.75) is 52.1 Å². The van der Waals surface area contributed by atoms with Crippen molar-refractivity contribution in [2.75, 3.05) is 13.1 Å². The van der Waals surface area contributed by atoms with Crippen molar-refractivity contribution in [3.05, 3.63) is 30.1 Å². The van der Waals surface area contributed by atoms with Crippen LogP contribution >= 0.6 is 0 Å². The SMILES string of the molecule is CCCN(CCC)C(c1ccncc1)C(N)CC. The van der Waals surface area contributed by atoms with Gasteiger partial charge in [-0.3, -0.25) is 9.88 Å². The fraction of sp³-hybridized carbons (Fsp3) is 0.667. The first kappa shape index (κ1) is 15.1. The maximum atomic E-state index is 6.35. The van der Waals surface area contributed by atoms with Gasteiger partial charge in [0.1, 0.15) is 0 Å². The summed E-state index contributed by atoms with van der Waals surface area (Å²) in [6.45, 7) is 8.82. The third-order valence-corrected chi connectivity index (χ3v) is 3.34. The summed E-state index contributed by atoms with van der Waals surface area (Å²) < 4.78 is 0. The Morgan fingerprint density at radius 2 is 1.67 bits per heavy atom. The molecule has 102 valence electrons. The normalized spacial score (nSPS) is 14.7. The van der Waals surface area contributed by atoms with Crippen LogP contribution in [0, 0.1) is 0 Å². The minimum absolute atomic E-state index is 0.186. The summed E-state index contributed by atoms with van der Waals surface area (Å²) in [4.78, 5) is 6.62. The van der Waals surface area contributed by atoms with E-state index in [9.17, 15) is 0 Å². The highest BCUT2D eigenvalue weighted by Gasteiger charge is 2.24. The predicted molar refractivity (Wildman–Crippen MR) is 77.4 cm³/mol. The topological polar surface area (TPSA) is 42.2 Å². The highest BCUT2D eigenvalue weighted by atomic mass is 15.2. The lowest BCUT2D eigenvalue weighted by atomic mass is 9.96. The molecule has 0 aromatic carbocycles. The summed E-state index contributed by atoms with van der Waals surface area (Å²) in [6, 6.07) is 4.69. The van der Waals surface area contributed by atoms with E-state index in [2.05, 4.69) is 42.8 Å². The maximum Gasteiger partial charge on any atom is 0.0500 e. The van der Waals surface area contributed by atoms with Crippen LogP contribution in [0.2, 0.25) is 0 Å². The summed E-state index contributed by atoms with van der Waals surface area (Å²) in [6.07, 6.45) is 7.05. The van der Waals surface area contributed by atoms with Crippen molar-refractivity contribution in [3.8, 4) is 0 Å². The van der Waals surface area contributed by atoms with Crippen molar-refractivity contribution in [2.24, 2.45) is 5.73 Å². The fourth-order valence-electron chi connectivity index (χ4n) is 2.48. The minimum atomic E-state index is 0.186. The third kappa shape index (κ3) is 4.07. The second-order valence-electron chi connectivity index (χ2n) is 4.83. The highest BCUT2D eigenvalue weighted by molar-refractivity contribution is 5.17. The molecule has 1 aromatic rings. The van der Waals surface area contributed by atoms with E-state index in [4.69, 9.17) is 5.73 Å². The van der Waals surface area contributed by atoms with Crippen molar-refractivity contribution >= 4 is 0 Å². The first-order valence-corrected chi connectivity index (χ1v) is 7.14. The number of pyridine rings is 1. The second kappa shape index (κ2) is 8.22. The number of hydrogen-bond acceptors (Lipinski definition) is 3. The molecule has 0 bridgehead atoms. The number of hydrogen-bond donors (Lipinski definition) is 1. The summed E-state index contributed by atoms with van der Waals surface area (Å²) in [5, 5.41) is 0. The van der Waals surface area contributed by atoms with Crippen LogP contribution in [-0.2, 0) is 0 Å². The van der Waals surface area contributed by atoms with Crippen LogP contribution < -0.4 is 5.73 Å². The summed E-state index contributed by atoms with van der Waals surface area (Å²) in [5.41, 5.74) is 7.64. The van der Waals surface area contributed by atoms with Crippen molar-refractivity contribution < 1.29 is 0 Å². The lowest BCUT2D eigenvalue weighted by molar-refractivity contribution is 0.169. The molecular weight excluding hydrogens is 222 g/mol. The Kier molecular flexibility index (Phi) is 6.91. The van der Waals surface area contributed by atoms with E-state index < -0.39 is 0 Å². The summed E-state index contributed by atoms with van der Waals surface area (Å²) >= 11 is 0. The van der Waals surface area contributed by atoms with E-state index in [-0.39, 0.29) is 6.04 Å². The van der Waals surface area contributed by atoms with Crippen LogP contribution in [0.1, 0.15) is 51.6 Å². The van der Waals surface area contributed by atoms with Gasteiger partial charge in [-0.1, -0.05) is 20.8 Å². The molecule has 0 aliphatic rings. The molecule has 0 saturated heterocycles. The van der Waals surface area contributed by atoms with Gasteiger partial charge in [0.25, 0.3) is 0 Å². The molecule has 18 heavy (non-hydrogen) atoms. The monoisotopic (exact) mass is 249 g/mol. The molecule has 3 nitrogen and oxygen atoms in total. The Balaban J connectivity index is 2.95. The van der Waals surface area contributed by atoms with E-state index in [1.54, 1.807) is 0 Å². The predicted octanol–water partition coefficient (Wildman–Crippen LogP) is 2.98. The van der Waals surface area contributed by atoms with Crippen LogP contribution in [0.3, 0.4) is 0 Å². The molecule has 2 N–H and O–H groups in total. The van der Waals surface area contributed by atoms with E-state index in [1.165, 1.54) is 5.56 Å². The number of nitrogens with two attached hydrogens (primary N) is 1. The molecule has 1 heterocycles. The van der Waals surface area contributed by atoms with Crippen molar-refractivity contribution in [3.63, 3.8) is 0 Å². The average molecular weight is 249 g/mol. The average Bonchev–Trinajstić information content (AvgIpc) is 2.40. The van der Waals surface area contributed by atoms with Gasteiger partial charge in [0.15, 0.2) is 0 Å². The van der Waals surface area contributed by atoms with E-state index >= 15 is 0 Å². The van der Waals surface area contributed by atoms with Gasteiger partial charge in [0.2, 0.25) is 0 Å². The van der Waals surface area contributed by atoms with Crippen LogP contribution in [0.25, 0.3) is 0 Å². The molecule has 1 aromatic heterocycles. The molecule has 0 saturated carbocycles. The van der Waals surface area contributed by atoms with Gasteiger partial charge < -0.3 is 5.73 Å². The van der Waals surface area contributed by atoms with Gasteiger partial charge in [0.05, 0.1) is 0 Å². The Hall–Kier alpha value is -0.930. The van der Waals surface area contributed by atoms with Gasteiger partial charge in [0, 0.05) is 24.5 Å². The second-order valence-corrected chi connectivity index (χ2v) is 4.83. The van der Waals surface area contributed by atoms with Crippen LogP contribution in [0.4, 0.5) is 0 Å². The lowest BCUT2D eigenvalue weighted by Gasteiger charge is -2.35. The molecule has 0 spiro atoms. The number of aromatic nitrogens is 1. The summed E-state index contributed by atoms with van der Waals surface area (Å²) in [5.74, 6) is 0. The van der Waals surface area contributed by atoms with E-state index in [1.807, 2.05) is 12.4 Å². The first-order valence-electron chi connectivity index (χ1n) is 7.14. The Labute approximate surface area is 111 Å². The molecule has 0 radical (unpaired) electrons. The zero-order chi connectivity index (χ0) is 13.4. The number of nitrogens with zero attached hydrogens (tertiary/aromatic N) is 2. The van der Waals surface area contributed by atoms with Crippen molar-refractivity contribution in [1.29, 1.82) is 0 Å². The number of rotatable bonds is 8. The zero-order valence-electron chi connectivity index (χ0n) is 12.0. The molecule has 1 rings (SSSR count). The largest absolute Gasteiger partial charge is 0.326 e. The molecule has 2 unspecified atom stereocenters. The van der Waals surface area contributed by atoms with Gasteiger partial charge >= 0.3 is 0 Å². The fourth-order valence-corrected chi connectivity index (χ4v) is 2.48. The van der Waals surface area contributed by atoms with Crippen molar-refractivity contribution in [1.82, 2.24) is 9.88 Å². The first-order chi connectivity index (χ1) is 8.74. The summed E-state index contributed by atoms with van der Waals surface area (Å²) in [7, 11) is 0. The highest BCUT2D eigenvalue weighted by Crippen LogP contribution is 2.25. The quantitative estimate of drug-likeness (QED) is 0.770. The molecule has 0 fully saturated rings. The Morgan fingerprint density at radius 1 is 1.11 bits per heavy atom. The maximum absolute atomic E-state index is 6.35. The molecule has 2 atom stereocenters. The minimum Gasteiger partial charge on any atom is -0.326 e. The smallest absolute Gasteiger partial charge is 0.0500 e. The molecule has 0 aliphatic heterocycles. The van der Waals surface area contributed by atoms with E-state index in [0.29, 0.717) is 6.04 Å². The van der Waals surface area contributed by atoms with Gasteiger partial charge in [-0.15, -0.1) is 0 Å². The van der Waals surface area contributed by atoms with E-state index in [0.717, 1.165) is 32.4 Å². The van der Waals surface area contributed by atoms with Gasteiger partial charge in [-0.05, 0) is 50.0 Å². The Bertz CT molecular complexity index is 307.